The SMILES string of the molecule is C=C(O)C1C(C)C(C2=CC2C)C2CC(=O)C(C)C(C)[N+](=O)C2C1C. The standard InChI is InChI=1S/C20H29NO3/c1-9-7-15(9)19-11(3)18(14(6)22)12(4)20-16(19)8-17(23)10(2)13(5)21(20)24/h7,9-13,16,18-20H,6,8H2,1-5H3/p+1. The maximum absolute atomic E-state index is 13.1. The van der Waals surface area contributed by atoms with Crippen LogP contribution in [0.25, 0.3) is 0 Å². The van der Waals surface area contributed by atoms with Gasteiger partial charge in [-0.1, -0.05) is 39.0 Å². The summed E-state index contributed by atoms with van der Waals surface area (Å²) in [6.45, 7) is 13.9. The number of hydrogen-bond acceptors (Lipinski definition) is 3. The highest BCUT2D eigenvalue weighted by Gasteiger charge is 2.60. The summed E-state index contributed by atoms with van der Waals surface area (Å²) in [5.41, 5.74) is 1.36. The molecule has 0 aromatic heterocycles. The predicted octanol–water partition coefficient (Wildman–Crippen LogP) is 3.91. The van der Waals surface area contributed by atoms with Crippen molar-refractivity contribution in [1.82, 2.24) is 0 Å². The van der Waals surface area contributed by atoms with Crippen molar-refractivity contribution in [3.8, 4) is 0 Å². The quantitative estimate of drug-likeness (QED) is 0.474. The van der Waals surface area contributed by atoms with Crippen LogP contribution in [0, 0.1) is 46.3 Å². The van der Waals surface area contributed by atoms with Crippen molar-refractivity contribution in [2.45, 2.75) is 53.1 Å². The number of fused-ring (bicyclic) bond motifs is 1. The maximum Gasteiger partial charge on any atom is 0.208 e. The topological polar surface area (TPSA) is 57.4 Å². The Balaban J connectivity index is 2.07. The number of nitrogens with zero attached hydrogens (tertiary/aromatic N) is 1. The van der Waals surface area contributed by atoms with Gasteiger partial charge in [0.25, 0.3) is 0 Å². The number of rotatable bonds is 2. The first-order valence-corrected chi connectivity index (χ1v) is 9.24. The van der Waals surface area contributed by atoms with Gasteiger partial charge >= 0.3 is 0 Å². The molecule has 0 amide bonds. The number of aliphatic hydroxyl groups is 1. The highest BCUT2D eigenvalue weighted by atomic mass is 16.3. The molecule has 132 valence electrons. The second kappa shape index (κ2) is 5.82. The molecule has 0 spiro atoms. The molecule has 1 saturated heterocycles. The van der Waals surface area contributed by atoms with Crippen molar-refractivity contribution in [1.29, 1.82) is 0 Å². The Morgan fingerprint density at radius 3 is 2.29 bits per heavy atom. The smallest absolute Gasteiger partial charge is 0.208 e. The largest absolute Gasteiger partial charge is 0.513 e. The van der Waals surface area contributed by atoms with Gasteiger partial charge in [0.05, 0.1) is 11.7 Å². The molecule has 1 N–H and O–H groups in total. The molecule has 0 aromatic carbocycles. The van der Waals surface area contributed by atoms with E-state index in [1.807, 2.05) is 20.8 Å². The van der Waals surface area contributed by atoms with Gasteiger partial charge in [-0.2, -0.15) is 0 Å². The minimum absolute atomic E-state index is 0.00791. The fraction of sp³-hybridized carbons (Fsp3) is 0.750. The zero-order valence-corrected chi connectivity index (χ0v) is 15.4. The van der Waals surface area contributed by atoms with Crippen LogP contribution in [0.3, 0.4) is 0 Å². The lowest BCUT2D eigenvalue weighted by molar-refractivity contribution is -0.639. The third-order valence-corrected chi connectivity index (χ3v) is 7.13. The Morgan fingerprint density at radius 2 is 1.79 bits per heavy atom. The van der Waals surface area contributed by atoms with Crippen molar-refractivity contribution in [2.75, 3.05) is 0 Å². The molecule has 3 aliphatic rings. The van der Waals surface area contributed by atoms with E-state index in [9.17, 15) is 14.8 Å². The summed E-state index contributed by atoms with van der Waals surface area (Å²) in [4.78, 5) is 25.8. The molecule has 4 nitrogen and oxygen atoms in total. The average Bonchev–Trinajstić information content (AvgIpc) is 3.21. The van der Waals surface area contributed by atoms with E-state index in [0.29, 0.717) is 12.3 Å². The van der Waals surface area contributed by atoms with E-state index in [4.69, 9.17) is 0 Å². The Hall–Kier alpha value is -1.45. The molecule has 2 fully saturated rings. The number of carbonyl (C=O) groups excluding carboxylic acids is 1. The van der Waals surface area contributed by atoms with E-state index >= 15 is 0 Å². The summed E-state index contributed by atoms with van der Waals surface area (Å²) >= 11 is 0. The molecule has 4 heteroatoms. The van der Waals surface area contributed by atoms with Crippen molar-refractivity contribution >= 4 is 5.78 Å². The molecule has 2 aliphatic carbocycles. The molecule has 9 unspecified atom stereocenters. The van der Waals surface area contributed by atoms with Crippen LogP contribution in [0.1, 0.15) is 41.0 Å². The normalized spacial score (nSPS) is 48.4. The Morgan fingerprint density at radius 1 is 1.21 bits per heavy atom. The van der Waals surface area contributed by atoms with E-state index in [0.717, 1.165) is 0 Å². The zero-order valence-electron chi connectivity index (χ0n) is 15.4. The highest BCUT2D eigenvalue weighted by Crippen LogP contribution is 2.55. The van der Waals surface area contributed by atoms with Gasteiger partial charge in [-0.15, -0.1) is 0 Å². The van der Waals surface area contributed by atoms with Gasteiger partial charge in [-0.3, -0.25) is 4.79 Å². The molecule has 3 rings (SSSR count). The van der Waals surface area contributed by atoms with Crippen molar-refractivity contribution in [3.05, 3.63) is 28.9 Å². The number of hydrogen-bond donors (Lipinski definition) is 1. The molecule has 0 bridgehead atoms. The van der Waals surface area contributed by atoms with Gasteiger partial charge in [-0.25, -0.2) is 0 Å². The summed E-state index contributed by atoms with van der Waals surface area (Å²) in [7, 11) is 0. The number of nitroso groups, excluding NO2 is 1. The summed E-state index contributed by atoms with van der Waals surface area (Å²) < 4.78 is 1.17. The van der Waals surface area contributed by atoms with E-state index in [1.165, 1.54) is 10.3 Å². The average molecular weight is 332 g/mol. The van der Waals surface area contributed by atoms with Crippen molar-refractivity contribution in [3.63, 3.8) is 0 Å². The minimum Gasteiger partial charge on any atom is -0.513 e. The van der Waals surface area contributed by atoms with Crippen LogP contribution in [0.4, 0.5) is 0 Å². The first kappa shape index (κ1) is 17.4. The van der Waals surface area contributed by atoms with Gasteiger partial charge in [-0.05, 0) is 24.7 Å². The van der Waals surface area contributed by atoms with Crippen LogP contribution in [-0.2, 0) is 4.79 Å². The van der Waals surface area contributed by atoms with Crippen molar-refractivity contribution in [2.24, 2.45) is 41.4 Å². The van der Waals surface area contributed by atoms with Crippen LogP contribution in [0.5, 0.6) is 0 Å². The summed E-state index contributed by atoms with van der Waals surface area (Å²) in [6, 6.07) is -0.556. The summed E-state index contributed by atoms with van der Waals surface area (Å²) in [5.74, 6) is 0.910. The molecular formula is C20H30NO3+. The third kappa shape index (κ3) is 2.46. The van der Waals surface area contributed by atoms with Crippen LogP contribution < -0.4 is 0 Å². The van der Waals surface area contributed by atoms with E-state index < -0.39 is 0 Å². The lowest BCUT2D eigenvalue weighted by Crippen LogP contribution is -2.53. The summed E-state index contributed by atoms with van der Waals surface area (Å²) in [6.07, 6.45) is 2.71. The van der Waals surface area contributed by atoms with Crippen molar-refractivity contribution < 1.29 is 14.7 Å². The minimum atomic E-state index is -0.317. The van der Waals surface area contributed by atoms with Crippen LogP contribution in [0.2, 0.25) is 0 Å². The Labute approximate surface area is 144 Å². The molecule has 24 heavy (non-hydrogen) atoms. The fourth-order valence-electron chi connectivity index (χ4n) is 5.57. The molecule has 0 aromatic rings. The number of allylic oxidation sites excluding steroid dienone is 3. The lowest BCUT2D eigenvalue weighted by atomic mass is 9.58. The Bertz CT molecular complexity index is 622. The number of aliphatic hydroxyl groups excluding tert-OH is 1. The predicted molar refractivity (Wildman–Crippen MR) is 93.5 cm³/mol. The number of ketones is 1. The third-order valence-electron chi connectivity index (χ3n) is 7.13. The lowest BCUT2D eigenvalue weighted by Gasteiger charge is -2.45. The fourth-order valence-corrected chi connectivity index (χ4v) is 5.57. The second-order valence-electron chi connectivity index (χ2n) is 8.43. The monoisotopic (exact) mass is 332 g/mol. The molecular weight excluding hydrogens is 302 g/mol. The van der Waals surface area contributed by atoms with Crippen LogP contribution >= 0.6 is 0 Å². The maximum atomic E-state index is 13.1. The van der Waals surface area contributed by atoms with Gasteiger partial charge < -0.3 is 5.11 Å². The van der Waals surface area contributed by atoms with E-state index in [2.05, 4.69) is 26.5 Å². The van der Waals surface area contributed by atoms with E-state index in [-0.39, 0.29) is 59.1 Å². The first-order valence-electron chi connectivity index (χ1n) is 9.24. The van der Waals surface area contributed by atoms with Crippen LogP contribution in [0.15, 0.2) is 24.0 Å². The number of carbonyl (C=O) groups is 1. The second-order valence-corrected chi connectivity index (χ2v) is 8.43. The Kier molecular flexibility index (Phi) is 4.21. The number of Topliss-reactive ketones (excluding diaryl/α,β-unsaturated/α-hetero) is 1. The first-order chi connectivity index (χ1) is 11.2. The highest BCUT2D eigenvalue weighted by molar-refractivity contribution is 5.81. The molecule has 1 heterocycles. The summed E-state index contributed by atoms with van der Waals surface area (Å²) in [5, 5.41) is 10.2. The van der Waals surface area contributed by atoms with Gasteiger partial charge in [0.2, 0.25) is 12.1 Å². The molecule has 0 radical (unpaired) electrons. The van der Waals surface area contributed by atoms with Gasteiger partial charge in [0.15, 0.2) is 0 Å². The molecule has 1 aliphatic heterocycles. The zero-order chi connectivity index (χ0) is 17.9. The van der Waals surface area contributed by atoms with E-state index in [1.54, 1.807) is 0 Å². The van der Waals surface area contributed by atoms with Gasteiger partial charge in [0, 0.05) is 40.8 Å². The van der Waals surface area contributed by atoms with Gasteiger partial charge in [0.1, 0.15) is 5.78 Å². The van der Waals surface area contributed by atoms with Crippen LogP contribution in [-0.4, -0.2) is 27.7 Å². The molecule has 9 atom stereocenters. The molecule has 1 saturated carbocycles.